The summed E-state index contributed by atoms with van der Waals surface area (Å²) in [6.07, 6.45) is 0. The predicted octanol–water partition coefficient (Wildman–Crippen LogP) is 1.39. The summed E-state index contributed by atoms with van der Waals surface area (Å²) in [5.41, 5.74) is 3.48. The number of nitrogens with zero attached hydrogens (tertiary/aromatic N) is 1. The van der Waals surface area contributed by atoms with E-state index < -0.39 is 5.97 Å². The van der Waals surface area contributed by atoms with Crippen molar-refractivity contribution in [1.82, 2.24) is 4.98 Å². The van der Waals surface area contributed by atoms with E-state index >= 15 is 0 Å². The first-order valence-electron chi connectivity index (χ1n) is 7.73. The molecule has 24 heavy (non-hydrogen) atoms. The Kier molecular flexibility index (Phi) is 5.03. The molecule has 1 atom stereocenters. The first-order valence-corrected chi connectivity index (χ1v) is 8.61. The minimum absolute atomic E-state index is 0.00823. The molecular formula is C19H18N2O2S. The summed E-state index contributed by atoms with van der Waals surface area (Å²) < 4.78 is 0. The number of hydrogen-bond donors (Lipinski definition) is 1. The van der Waals surface area contributed by atoms with Gasteiger partial charge in [-0.15, -0.1) is 11.3 Å². The van der Waals surface area contributed by atoms with Crippen molar-refractivity contribution in [3.05, 3.63) is 76.8 Å². The lowest BCUT2D eigenvalue weighted by molar-refractivity contribution is -0.907. The molecule has 2 aromatic carbocycles. The molecule has 0 saturated heterocycles. The van der Waals surface area contributed by atoms with Gasteiger partial charge in [-0.2, -0.15) is 0 Å². The summed E-state index contributed by atoms with van der Waals surface area (Å²) in [6.45, 7) is 1.90. The van der Waals surface area contributed by atoms with Crippen LogP contribution in [-0.4, -0.2) is 18.0 Å². The number of quaternary nitrogens is 1. The highest BCUT2D eigenvalue weighted by Crippen LogP contribution is 2.23. The van der Waals surface area contributed by atoms with Crippen LogP contribution in [0, 0.1) is 0 Å². The van der Waals surface area contributed by atoms with Crippen molar-refractivity contribution in [3.63, 3.8) is 0 Å². The van der Waals surface area contributed by atoms with Gasteiger partial charge in [0.05, 0.1) is 18.7 Å². The molecule has 3 aromatic rings. The molecule has 0 aliphatic rings. The van der Waals surface area contributed by atoms with E-state index in [4.69, 9.17) is 0 Å². The van der Waals surface area contributed by atoms with Crippen LogP contribution in [0.2, 0.25) is 0 Å². The van der Waals surface area contributed by atoms with Crippen molar-refractivity contribution in [2.45, 2.75) is 13.1 Å². The molecule has 0 radical (unpaired) electrons. The molecule has 1 unspecified atom stereocenters. The second kappa shape index (κ2) is 7.38. The second-order valence-electron chi connectivity index (χ2n) is 5.82. The van der Waals surface area contributed by atoms with Crippen LogP contribution in [-0.2, 0) is 13.1 Å². The molecule has 0 saturated carbocycles. The summed E-state index contributed by atoms with van der Waals surface area (Å²) in [6, 6.07) is 18.6. The van der Waals surface area contributed by atoms with Crippen LogP contribution < -0.4 is 10.0 Å². The zero-order valence-electron chi connectivity index (χ0n) is 13.4. The lowest BCUT2D eigenvalue weighted by Crippen LogP contribution is -3.06. The number of rotatable bonds is 6. The Bertz CT molecular complexity index is 813. The van der Waals surface area contributed by atoms with Crippen LogP contribution in [0.25, 0.3) is 10.6 Å². The van der Waals surface area contributed by atoms with E-state index in [1.54, 1.807) is 0 Å². The van der Waals surface area contributed by atoms with Crippen molar-refractivity contribution >= 4 is 17.3 Å². The summed E-state index contributed by atoms with van der Waals surface area (Å²) in [5.74, 6) is -1.24. The lowest BCUT2D eigenvalue weighted by Gasteiger charge is -2.14. The highest BCUT2D eigenvalue weighted by molar-refractivity contribution is 7.13. The molecular weight excluding hydrogens is 320 g/mol. The van der Waals surface area contributed by atoms with Crippen molar-refractivity contribution in [2.24, 2.45) is 0 Å². The van der Waals surface area contributed by atoms with Gasteiger partial charge in [0.1, 0.15) is 18.1 Å². The van der Waals surface area contributed by atoms with Gasteiger partial charge in [-0.05, 0) is 0 Å². The van der Waals surface area contributed by atoms with Crippen molar-refractivity contribution in [2.75, 3.05) is 7.05 Å². The molecule has 1 aromatic heterocycles. The summed E-state index contributed by atoms with van der Waals surface area (Å²) >= 11 is 1.32. The molecule has 122 valence electrons. The lowest BCUT2D eigenvalue weighted by atomic mass is 10.1. The average Bonchev–Trinajstić information content (AvgIpc) is 3.07. The monoisotopic (exact) mass is 338 g/mol. The highest BCUT2D eigenvalue weighted by atomic mass is 32.1. The van der Waals surface area contributed by atoms with Gasteiger partial charge in [-0.25, -0.2) is 4.98 Å². The fraction of sp³-hybridized carbons (Fsp3) is 0.158. The number of hydrogen-bond acceptors (Lipinski definition) is 4. The Balaban J connectivity index is 1.64. The number of nitrogens with one attached hydrogen (secondary N) is 1. The third-order valence-electron chi connectivity index (χ3n) is 3.77. The number of carbonyl (C=O) groups is 1. The Morgan fingerprint density at radius 2 is 1.67 bits per heavy atom. The average molecular weight is 338 g/mol. The van der Waals surface area contributed by atoms with Gasteiger partial charge < -0.3 is 14.8 Å². The molecule has 0 spiro atoms. The van der Waals surface area contributed by atoms with Gasteiger partial charge >= 0.3 is 0 Å². The zero-order valence-corrected chi connectivity index (χ0v) is 14.2. The molecule has 3 rings (SSSR count). The molecule has 5 heteroatoms. The van der Waals surface area contributed by atoms with Gasteiger partial charge in [-0.3, -0.25) is 0 Å². The smallest absolute Gasteiger partial charge is 0.124 e. The molecule has 0 aliphatic carbocycles. The first kappa shape index (κ1) is 16.4. The number of carbonyl (C=O) groups excluding carboxylic acids is 1. The molecule has 0 bridgehead atoms. The summed E-state index contributed by atoms with van der Waals surface area (Å²) in [5, 5.41) is 13.0. The van der Waals surface area contributed by atoms with Gasteiger partial charge in [0.15, 0.2) is 0 Å². The summed E-state index contributed by atoms with van der Waals surface area (Å²) in [7, 11) is 2.17. The summed E-state index contributed by atoms with van der Waals surface area (Å²) in [4.78, 5) is 16.3. The van der Waals surface area contributed by atoms with Crippen molar-refractivity contribution in [1.29, 1.82) is 0 Å². The van der Waals surface area contributed by atoms with Gasteiger partial charge in [0.25, 0.3) is 0 Å². The number of carboxylic acids is 1. The van der Waals surface area contributed by atoms with Crippen molar-refractivity contribution < 1.29 is 14.8 Å². The van der Waals surface area contributed by atoms with E-state index in [0.717, 1.165) is 18.7 Å². The maximum Gasteiger partial charge on any atom is 0.124 e. The van der Waals surface area contributed by atoms with E-state index in [1.165, 1.54) is 32.7 Å². The molecule has 1 heterocycles. The van der Waals surface area contributed by atoms with Gasteiger partial charge in [0.2, 0.25) is 0 Å². The molecule has 0 aliphatic heterocycles. The largest absolute Gasteiger partial charge is 0.543 e. The number of aromatic carboxylic acids is 1. The second-order valence-corrected chi connectivity index (χ2v) is 6.68. The zero-order chi connectivity index (χ0) is 16.9. The number of aromatic nitrogens is 1. The SMILES string of the molecule is C[NH+](Cc1ccccc1)Cc1ccc(-c2nc(C(=O)[O-])cs2)cc1. The van der Waals surface area contributed by atoms with E-state index in [1.807, 2.05) is 18.2 Å². The van der Waals surface area contributed by atoms with Crippen molar-refractivity contribution in [3.8, 4) is 10.6 Å². The van der Waals surface area contributed by atoms with Crippen LogP contribution in [0.1, 0.15) is 21.6 Å². The van der Waals surface area contributed by atoms with E-state index in [2.05, 4.69) is 48.4 Å². The van der Waals surface area contributed by atoms with E-state index in [-0.39, 0.29) is 5.69 Å². The molecule has 4 nitrogen and oxygen atoms in total. The Morgan fingerprint density at radius 3 is 2.25 bits per heavy atom. The predicted molar refractivity (Wildman–Crippen MR) is 92.6 cm³/mol. The minimum Gasteiger partial charge on any atom is -0.543 e. The number of thiazole rings is 1. The Labute approximate surface area is 145 Å². The fourth-order valence-electron chi connectivity index (χ4n) is 2.62. The molecule has 0 amide bonds. The molecule has 1 N–H and O–H groups in total. The molecule has 0 fully saturated rings. The maximum atomic E-state index is 10.8. The first-order chi connectivity index (χ1) is 11.6. The van der Waals surface area contributed by atoms with Crippen LogP contribution >= 0.6 is 11.3 Å². The minimum atomic E-state index is -1.24. The van der Waals surface area contributed by atoms with Crippen LogP contribution in [0.3, 0.4) is 0 Å². The normalized spacial score (nSPS) is 12.0. The fourth-order valence-corrected chi connectivity index (χ4v) is 3.42. The van der Waals surface area contributed by atoms with E-state index in [0.29, 0.717) is 5.01 Å². The highest BCUT2D eigenvalue weighted by Gasteiger charge is 2.08. The third kappa shape index (κ3) is 4.07. The number of benzene rings is 2. The number of carboxylic acid groups (broad SMARTS) is 1. The van der Waals surface area contributed by atoms with Crippen LogP contribution in [0.4, 0.5) is 0 Å². The van der Waals surface area contributed by atoms with Gasteiger partial charge in [0, 0.05) is 22.1 Å². The van der Waals surface area contributed by atoms with Gasteiger partial charge in [-0.1, -0.05) is 54.6 Å². The Hall–Kier alpha value is -2.50. The maximum absolute atomic E-state index is 10.8. The van der Waals surface area contributed by atoms with E-state index in [9.17, 15) is 9.90 Å². The van der Waals surface area contributed by atoms with Crippen LogP contribution in [0.15, 0.2) is 60.0 Å². The quantitative estimate of drug-likeness (QED) is 0.739. The standard InChI is InChI=1S/C19H18N2O2S/c1-21(11-14-5-3-2-4-6-14)12-15-7-9-16(10-8-15)18-20-17(13-24-18)19(22)23/h2-10,13H,11-12H2,1H3,(H,22,23). The third-order valence-corrected chi connectivity index (χ3v) is 4.66. The Morgan fingerprint density at radius 1 is 1.04 bits per heavy atom. The van der Waals surface area contributed by atoms with Crippen LogP contribution in [0.5, 0.6) is 0 Å². The topological polar surface area (TPSA) is 57.5 Å².